The minimum atomic E-state index is -1.16. The third-order valence-corrected chi connectivity index (χ3v) is 3.52. The molecule has 1 aromatic heterocycles. The third kappa shape index (κ3) is 2.90. The van der Waals surface area contributed by atoms with Crippen LogP contribution in [0.25, 0.3) is 0 Å². The summed E-state index contributed by atoms with van der Waals surface area (Å²) in [6.07, 6.45) is 2.10. The van der Waals surface area contributed by atoms with E-state index in [1.807, 2.05) is 0 Å². The molecule has 3 rings (SSSR count). The minimum Gasteiger partial charge on any atom is -0.478 e. The molecule has 21 heavy (non-hydrogen) atoms. The summed E-state index contributed by atoms with van der Waals surface area (Å²) in [5, 5.41) is 15.4. The van der Waals surface area contributed by atoms with Gasteiger partial charge < -0.3 is 14.9 Å². The first-order chi connectivity index (χ1) is 10.0. The number of hydrogen-bond donors (Lipinski definition) is 2. The van der Waals surface area contributed by atoms with Gasteiger partial charge in [-0.05, 0) is 31.0 Å². The SMILES string of the molecule is O=C(Nc1ccc(Cl)c(C(=O)O)c1)c1cc(C2CC2)on1. The van der Waals surface area contributed by atoms with Crippen LogP contribution in [0.3, 0.4) is 0 Å². The summed E-state index contributed by atoms with van der Waals surface area (Å²) in [6, 6.07) is 5.85. The maximum atomic E-state index is 12.0. The minimum absolute atomic E-state index is 0.0757. The quantitative estimate of drug-likeness (QED) is 0.905. The van der Waals surface area contributed by atoms with Crippen LogP contribution < -0.4 is 5.32 Å². The van der Waals surface area contributed by atoms with Gasteiger partial charge in [-0.1, -0.05) is 16.8 Å². The summed E-state index contributed by atoms with van der Waals surface area (Å²) >= 11 is 5.77. The lowest BCUT2D eigenvalue weighted by Crippen LogP contribution is -2.12. The van der Waals surface area contributed by atoms with Crippen molar-refractivity contribution in [3.63, 3.8) is 0 Å². The molecule has 0 unspecified atom stereocenters. The van der Waals surface area contributed by atoms with E-state index in [4.69, 9.17) is 21.2 Å². The van der Waals surface area contributed by atoms with Crippen LogP contribution in [0.4, 0.5) is 5.69 Å². The van der Waals surface area contributed by atoms with Crippen molar-refractivity contribution in [3.8, 4) is 0 Å². The van der Waals surface area contributed by atoms with Gasteiger partial charge in [0.2, 0.25) is 0 Å². The first-order valence-electron chi connectivity index (χ1n) is 6.35. The fourth-order valence-electron chi connectivity index (χ4n) is 1.92. The average Bonchev–Trinajstić information content (AvgIpc) is 3.18. The molecule has 6 nitrogen and oxygen atoms in total. The highest BCUT2D eigenvalue weighted by Gasteiger charge is 2.28. The number of carboxylic acids is 1. The molecule has 1 saturated carbocycles. The second kappa shape index (κ2) is 5.21. The van der Waals surface area contributed by atoms with Crippen molar-refractivity contribution >= 4 is 29.2 Å². The number of nitrogens with one attached hydrogen (secondary N) is 1. The summed E-state index contributed by atoms with van der Waals surface area (Å²) in [7, 11) is 0. The number of carbonyl (C=O) groups excluding carboxylic acids is 1. The standard InChI is InChI=1S/C14H11ClN2O4/c15-10-4-3-8(5-9(10)14(19)20)16-13(18)11-6-12(21-17-11)7-1-2-7/h3-7H,1-2H2,(H,16,18)(H,19,20). The molecule has 0 radical (unpaired) electrons. The molecule has 1 fully saturated rings. The summed E-state index contributed by atoms with van der Waals surface area (Å²) < 4.78 is 5.10. The molecule has 1 aliphatic rings. The Morgan fingerprint density at radius 1 is 1.33 bits per heavy atom. The smallest absolute Gasteiger partial charge is 0.337 e. The summed E-state index contributed by atoms with van der Waals surface area (Å²) in [5.74, 6) is -0.534. The molecular formula is C14H11ClN2O4. The van der Waals surface area contributed by atoms with Gasteiger partial charge in [-0.15, -0.1) is 0 Å². The van der Waals surface area contributed by atoms with Gasteiger partial charge >= 0.3 is 5.97 Å². The lowest BCUT2D eigenvalue weighted by atomic mass is 10.2. The number of aromatic carboxylic acids is 1. The molecular weight excluding hydrogens is 296 g/mol. The van der Waals surface area contributed by atoms with E-state index in [1.165, 1.54) is 18.2 Å². The van der Waals surface area contributed by atoms with Gasteiger partial charge in [-0.3, -0.25) is 4.79 Å². The Hall–Kier alpha value is -2.34. The highest BCUT2D eigenvalue weighted by Crippen LogP contribution is 2.40. The van der Waals surface area contributed by atoms with E-state index < -0.39 is 11.9 Å². The predicted octanol–water partition coefficient (Wildman–Crippen LogP) is 3.16. The summed E-state index contributed by atoms with van der Waals surface area (Å²) in [4.78, 5) is 23.0. The van der Waals surface area contributed by atoms with Gasteiger partial charge in [0.1, 0.15) is 5.76 Å². The van der Waals surface area contributed by atoms with E-state index in [9.17, 15) is 9.59 Å². The van der Waals surface area contributed by atoms with Crippen molar-refractivity contribution in [1.29, 1.82) is 0 Å². The zero-order valence-electron chi connectivity index (χ0n) is 10.8. The number of carbonyl (C=O) groups is 2. The van der Waals surface area contributed by atoms with Crippen LogP contribution in [-0.2, 0) is 0 Å². The molecule has 2 aromatic rings. The lowest BCUT2D eigenvalue weighted by Gasteiger charge is -2.05. The normalized spacial score (nSPS) is 14.0. The number of anilines is 1. The van der Waals surface area contributed by atoms with Crippen LogP contribution in [0.2, 0.25) is 5.02 Å². The fraction of sp³-hybridized carbons (Fsp3) is 0.214. The van der Waals surface area contributed by atoms with Crippen LogP contribution in [0, 0.1) is 0 Å². The van der Waals surface area contributed by atoms with E-state index >= 15 is 0 Å². The molecule has 1 heterocycles. The van der Waals surface area contributed by atoms with Gasteiger partial charge in [-0.2, -0.15) is 0 Å². The van der Waals surface area contributed by atoms with Gasteiger partial charge in [0.15, 0.2) is 5.69 Å². The highest BCUT2D eigenvalue weighted by atomic mass is 35.5. The van der Waals surface area contributed by atoms with Crippen molar-refractivity contribution in [3.05, 3.63) is 46.3 Å². The second-order valence-corrected chi connectivity index (χ2v) is 5.25. The Kier molecular flexibility index (Phi) is 3.39. The van der Waals surface area contributed by atoms with E-state index in [-0.39, 0.29) is 16.3 Å². The Morgan fingerprint density at radius 2 is 2.10 bits per heavy atom. The first kappa shape index (κ1) is 13.6. The largest absolute Gasteiger partial charge is 0.478 e. The van der Waals surface area contributed by atoms with E-state index in [2.05, 4.69) is 10.5 Å². The average molecular weight is 307 g/mol. The molecule has 1 aromatic carbocycles. The van der Waals surface area contributed by atoms with Crippen molar-refractivity contribution in [2.45, 2.75) is 18.8 Å². The van der Waals surface area contributed by atoms with Crippen molar-refractivity contribution in [2.24, 2.45) is 0 Å². The number of amides is 1. The van der Waals surface area contributed by atoms with Crippen LogP contribution in [0.15, 0.2) is 28.8 Å². The maximum Gasteiger partial charge on any atom is 0.337 e. The van der Waals surface area contributed by atoms with Crippen LogP contribution >= 0.6 is 11.6 Å². The molecule has 1 amide bonds. The van der Waals surface area contributed by atoms with Gasteiger partial charge in [-0.25, -0.2) is 4.79 Å². The monoisotopic (exact) mass is 306 g/mol. The molecule has 0 spiro atoms. The van der Waals surface area contributed by atoms with Crippen LogP contribution in [0.1, 0.15) is 45.4 Å². The first-order valence-corrected chi connectivity index (χ1v) is 6.73. The Morgan fingerprint density at radius 3 is 2.76 bits per heavy atom. The maximum absolute atomic E-state index is 12.0. The summed E-state index contributed by atoms with van der Waals surface area (Å²) in [6.45, 7) is 0. The number of aromatic nitrogens is 1. The van der Waals surface area contributed by atoms with E-state index in [0.29, 0.717) is 17.4 Å². The molecule has 2 N–H and O–H groups in total. The molecule has 0 saturated heterocycles. The predicted molar refractivity (Wildman–Crippen MR) is 74.8 cm³/mol. The number of halogens is 1. The van der Waals surface area contributed by atoms with Gasteiger partial charge in [0.05, 0.1) is 10.6 Å². The molecule has 0 aliphatic heterocycles. The Balaban J connectivity index is 1.77. The molecule has 1 aliphatic carbocycles. The summed E-state index contributed by atoms with van der Waals surface area (Å²) in [5.41, 5.74) is 0.426. The lowest BCUT2D eigenvalue weighted by molar-refractivity contribution is 0.0696. The number of carboxylic acid groups (broad SMARTS) is 1. The van der Waals surface area contributed by atoms with Gasteiger partial charge in [0.25, 0.3) is 5.91 Å². The van der Waals surface area contributed by atoms with E-state index in [0.717, 1.165) is 12.8 Å². The molecule has 0 bridgehead atoms. The van der Waals surface area contributed by atoms with Crippen LogP contribution in [-0.4, -0.2) is 22.1 Å². The number of benzene rings is 1. The number of hydrogen-bond acceptors (Lipinski definition) is 4. The third-order valence-electron chi connectivity index (χ3n) is 3.20. The highest BCUT2D eigenvalue weighted by molar-refractivity contribution is 6.33. The zero-order chi connectivity index (χ0) is 15.0. The Bertz CT molecular complexity index is 722. The van der Waals surface area contributed by atoms with Crippen LogP contribution in [0.5, 0.6) is 0 Å². The second-order valence-electron chi connectivity index (χ2n) is 4.84. The molecule has 108 valence electrons. The zero-order valence-corrected chi connectivity index (χ0v) is 11.6. The van der Waals surface area contributed by atoms with E-state index in [1.54, 1.807) is 6.07 Å². The topological polar surface area (TPSA) is 92.4 Å². The van der Waals surface area contributed by atoms with Crippen molar-refractivity contribution in [2.75, 3.05) is 5.32 Å². The van der Waals surface area contributed by atoms with Crippen molar-refractivity contribution in [1.82, 2.24) is 5.16 Å². The van der Waals surface area contributed by atoms with Gasteiger partial charge in [0, 0.05) is 17.7 Å². The number of nitrogens with zero attached hydrogens (tertiary/aromatic N) is 1. The molecule has 0 atom stereocenters. The molecule has 7 heteroatoms. The Labute approximate surface area is 124 Å². The van der Waals surface area contributed by atoms with Crippen molar-refractivity contribution < 1.29 is 19.2 Å². The fourth-order valence-corrected chi connectivity index (χ4v) is 2.12. The number of rotatable bonds is 4.